The molecule has 2 atom stereocenters. The highest BCUT2D eigenvalue weighted by molar-refractivity contribution is 5.97. The molecule has 1 fully saturated rings. The Hall–Kier alpha value is -2.04. The lowest BCUT2D eigenvalue weighted by atomic mass is 9.97. The smallest absolute Gasteiger partial charge is 0.260 e. The number of ketones is 1. The summed E-state index contributed by atoms with van der Waals surface area (Å²) in [6, 6.07) is 5.47. The molecule has 1 aromatic rings. The third kappa shape index (κ3) is 4.03. The van der Waals surface area contributed by atoms with Crippen molar-refractivity contribution in [2.45, 2.75) is 52.1 Å². The van der Waals surface area contributed by atoms with Crippen LogP contribution in [0.4, 0.5) is 0 Å². The van der Waals surface area contributed by atoms with Crippen molar-refractivity contribution in [1.82, 2.24) is 4.90 Å². The van der Waals surface area contributed by atoms with Gasteiger partial charge in [-0.15, -0.1) is 0 Å². The summed E-state index contributed by atoms with van der Waals surface area (Å²) >= 11 is 0. The highest BCUT2D eigenvalue weighted by Crippen LogP contribution is 2.26. The topological polar surface area (TPSA) is 55.8 Å². The van der Waals surface area contributed by atoms with E-state index in [2.05, 4.69) is 13.8 Å². The number of carbonyl (C=O) groups is 2. The molecule has 23 heavy (non-hydrogen) atoms. The van der Waals surface area contributed by atoms with Crippen LogP contribution in [-0.4, -0.2) is 42.4 Å². The number of ether oxygens (including phenoxy) is 2. The van der Waals surface area contributed by atoms with Gasteiger partial charge in [0.25, 0.3) is 5.91 Å². The van der Waals surface area contributed by atoms with Gasteiger partial charge in [-0.1, -0.05) is 0 Å². The molecule has 0 aromatic heterocycles. The first-order valence-electron chi connectivity index (χ1n) is 8.07. The van der Waals surface area contributed by atoms with Gasteiger partial charge in [0.2, 0.25) is 0 Å². The molecule has 0 bridgehead atoms. The molecule has 126 valence electrons. The number of likely N-dealkylation sites (tertiary alicyclic amines) is 1. The highest BCUT2D eigenvalue weighted by atomic mass is 16.5. The van der Waals surface area contributed by atoms with Gasteiger partial charge in [0.1, 0.15) is 11.5 Å². The van der Waals surface area contributed by atoms with Crippen LogP contribution in [-0.2, 0) is 4.79 Å². The second kappa shape index (κ2) is 7.49. The van der Waals surface area contributed by atoms with Gasteiger partial charge in [-0.25, -0.2) is 0 Å². The Morgan fingerprint density at radius 2 is 1.87 bits per heavy atom. The summed E-state index contributed by atoms with van der Waals surface area (Å²) in [5.74, 6) is 0.844. The number of Topliss-reactive ketones (excluding diaryl/α,β-unsaturated/α-hetero) is 1. The molecule has 1 aliphatic heterocycles. The van der Waals surface area contributed by atoms with Gasteiger partial charge in [0, 0.05) is 18.2 Å². The fourth-order valence-electron chi connectivity index (χ4n) is 3.17. The summed E-state index contributed by atoms with van der Waals surface area (Å²) in [7, 11) is 1.55. The summed E-state index contributed by atoms with van der Waals surface area (Å²) in [6.07, 6.45) is 3.19. The van der Waals surface area contributed by atoms with Crippen molar-refractivity contribution in [1.29, 1.82) is 0 Å². The number of hydrogen-bond acceptors (Lipinski definition) is 4. The normalized spacial score (nSPS) is 21.0. The average molecular weight is 319 g/mol. The van der Waals surface area contributed by atoms with Crippen LogP contribution in [0, 0.1) is 0 Å². The molecule has 1 saturated heterocycles. The predicted molar refractivity (Wildman–Crippen MR) is 88.1 cm³/mol. The van der Waals surface area contributed by atoms with Crippen molar-refractivity contribution in [3.63, 3.8) is 0 Å². The molecule has 0 saturated carbocycles. The first kappa shape index (κ1) is 17.3. The minimum Gasteiger partial charge on any atom is -0.497 e. The lowest BCUT2D eigenvalue weighted by Gasteiger charge is -2.39. The third-order valence-electron chi connectivity index (χ3n) is 4.40. The minimum atomic E-state index is -0.102. The van der Waals surface area contributed by atoms with Crippen molar-refractivity contribution in [2.24, 2.45) is 0 Å². The molecule has 0 radical (unpaired) electrons. The van der Waals surface area contributed by atoms with Crippen molar-refractivity contribution in [2.75, 3.05) is 13.7 Å². The Labute approximate surface area is 137 Å². The van der Waals surface area contributed by atoms with Crippen LogP contribution in [0.1, 0.15) is 50.4 Å². The zero-order valence-electron chi connectivity index (χ0n) is 14.3. The average Bonchev–Trinajstić information content (AvgIpc) is 2.52. The van der Waals surface area contributed by atoms with E-state index in [1.807, 2.05) is 4.90 Å². The molecule has 1 aliphatic rings. The Bertz CT molecular complexity index is 574. The number of amides is 1. The first-order chi connectivity index (χ1) is 10.9. The minimum absolute atomic E-state index is 0.0398. The van der Waals surface area contributed by atoms with Gasteiger partial charge < -0.3 is 14.4 Å². The third-order valence-corrected chi connectivity index (χ3v) is 4.40. The number of piperidine rings is 1. The van der Waals surface area contributed by atoms with Crippen molar-refractivity contribution in [3.05, 3.63) is 23.8 Å². The molecule has 1 heterocycles. The van der Waals surface area contributed by atoms with E-state index >= 15 is 0 Å². The van der Waals surface area contributed by atoms with E-state index in [-0.39, 0.29) is 30.4 Å². The van der Waals surface area contributed by atoms with E-state index in [9.17, 15) is 9.59 Å². The number of carbonyl (C=O) groups excluding carboxylic acids is 2. The van der Waals surface area contributed by atoms with E-state index in [0.717, 1.165) is 19.3 Å². The SMILES string of the molecule is COc1ccc(C(C)=O)c(OCC(=O)N2C(C)CCCC2C)c1. The van der Waals surface area contributed by atoms with E-state index in [1.54, 1.807) is 25.3 Å². The maximum atomic E-state index is 12.5. The molecular weight excluding hydrogens is 294 g/mol. The Morgan fingerprint density at radius 3 is 2.43 bits per heavy atom. The summed E-state index contributed by atoms with van der Waals surface area (Å²) < 4.78 is 10.8. The fraction of sp³-hybridized carbons (Fsp3) is 0.556. The number of rotatable bonds is 5. The van der Waals surface area contributed by atoms with E-state index < -0.39 is 0 Å². The van der Waals surface area contributed by atoms with Gasteiger partial charge in [-0.2, -0.15) is 0 Å². The molecule has 2 unspecified atom stereocenters. The van der Waals surface area contributed by atoms with Crippen molar-refractivity contribution in [3.8, 4) is 11.5 Å². The zero-order chi connectivity index (χ0) is 17.0. The number of methoxy groups -OCH3 is 1. The van der Waals surface area contributed by atoms with Crippen LogP contribution in [0.3, 0.4) is 0 Å². The summed E-state index contributed by atoms with van der Waals surface area (Å²) in [4.78, 5) is 26.1. The molecule has 1 aromatic carbocycles. The molecule has 1 amide bonds. The van der Waals surface area contributed by atoms with Crippen LogP contribution in [0.15, 0.2) is 18.2 Å². The van der Waals surface area contributed by atoms with Crippen molar-refractivity contribution < 1.29 is 19.1 Å². The van der Waals surface area contributed by atoms with E-state index in [0.29, 0.717) is 17.1 Å². The Morgan fingerprint density at radius 1 is 1.22 bits per heavy atom. The van der Waals surface area contributed by atoms with Crippen LogP contribution >= 0.6 is 0 Å². The molecule has 0 spiro atoms. The summed E-state index contributed by atoms with van der Waals surface area (Å²) in [5.41, 5.74) is 0.457. The van der Waals surface area contributed by atoms with Gasteiger partial charge in [0.05, 0.1) is 12.7 Å². The number of nitrogens with zero attached hydrogens (tertiary/aromatic N) is 1. The zero-order valence-corrected chi connectivity index (χ0v) is 14.3. The van der Waals surface area contributed by atoms with Crippen molar-refractivity contribution >= 4 is 11.7 Å². The summed E-state index contributed by atoms with van der Waals surface area (Å²) in [5, 5.41) is 0. The number of benzene rings is 1. The van der Waals surface area contributed by atoms with E-state index in [1.165, 1.54) is 6.92 Å². The molecule has 5 heteroatoms. The molecule has 0 N–H and O–H groups in total. The highest BCUT2D eigenvalue weighted by Gasteiger charge is 2.29. The molecule has 0 aliphatic carbocycles. The maximum Gasteiger partial charge on any atom is 0.260 e. The van der Waals surface area contributed by atoms with Gasteiger partial charge >= 0.3 is 0 Å². The quantitative estimate of drug-likeness (QED) is 0.783. The van der Waals surface area contributed by atoms with Crippen LogP contribution in [0.2, 0.25) is 0 Å². The van der Waals surface area contributed by atoms with Crippen LogP contribution < -0.4 is 9.47 Å². The number of hydrogen-bond donors (Lipinski definition) is 0. The van der Waals surface area contributed by atoms with Crippen LogP contribution in [0.25, 0.3) is 0 Å². The fourth-order valence-corrected chi connectivity index (χ4v) is 3.17. The second-order valence-electron chi connectivity index (χ2n) is 6.14. The molecule has 2 rings (SSSR count). The molecular formula is C18H25NO4. The van der Waals surface area contributed by atoms with Gasteiger partial charge in [-0.05, 0) is 52.2 Å². The van der Waals surface area contributed by atoms with E-state index in [4.69, 9.17) is 9.47 Å². The lowest BCUT2D eigenvalue weighted by Crippen LogP contribution is -2.49. The monoisotopic (exact) mass is 319 g/mol. The van der Waals surface area contributed by atoms with Crippen LogP contribution in [0.5, 0.6) is 11.5 Å². The second-order valence-corrected chi connectivity index (χ2v) is 6.14. The Balaban J connectivity index is 2.10. The lowest BCUT2D eigenvalue weighted by molar-refractivity contribution is -0.139. The summed E-state index contributed by atoms with van der Waals surface area (Å²) in [6.45, 7) is 5.55. The first-order valence-corrected chi connectivity index (χ1v) is 8.07. The van der Waals surface area contributed by atoms with Gasteiger partial charge in [-0.3, -0.25) is 9.59 Å². The predicted octanol–water partition coefficient (Wildman–Crippen LogP) is 3.07. The van der Waals surface area contributed by atoms with Gasteiger partial charge in [0.15, 0.2) is 12.4 Å². The molecule has 5 nitrogen and oxygen atoms in total. The largest absolute Gasteiger partial charge is 0.497 e. The maximum absolute atomic E-state index is 12.5. The Kier molecular flexibility index (Phi) is 5.64. The standard InChI is InChI=1S/C18H25NO4/c1-12-6-5-7-13(2)19(12)18(21)11-23-17-10-15(22-4)8-9-16(17)14(3)20/h8-10,12-13H,5-7,11H2,1-4H3.